The summed E-state index contributed by atoms with van der Waals surface area (Å²) in [6, 6.07) is 11.5. The number of oxazole rings is 1. The Kier molecular flexibility index (Phi) is 5.09. The minimum absolute atomic E-state index is 0.0552. The molecule has 7 nitrogen and oxygen atoms in total. The topological polar surface area (TPSA) is 90.5 Å². The van der Waals surface area contributed by atoms with Crippen LogP contribution in [0, 0.1) is 0 Å². The van der Waals surface area contributed by atoms with Gasteiger partial charge in [0.25, 0.3) is 0 Å². The molecule has 134 valence electrons. The number of carbonyl (C=O) groups excluding carboxylic acids is 2. The molecule has 0 saturated carbocycles. The van der Waals surface area contributed by atoms with E-state index in [-0.39, 0.29) is 29.5 Å². The first-order valence-electron chi connectivity index (χ1n) is 7.75. The number of amides is 1. The minimum atomic E-state index is -0.595. The Balaban J connectivity index is 1.70. The summed E-state index contributed by atoms with van der Waals surface area (Å²) in [5, 5.41) is 2.90. The van der Waals surface area contributed by atoms with Crippen molar-refractivity contribution < 1.29 is 18.7 Å². The van der Waals surface area contributed by atoms with E-state index in [0.717, 1.165) is 0 Å². The van der Waals surface area contributed by atoms with Crippen molar-refractivity contribution in [2.75, 3.05) is 12.4 Å². The predicted octanol–water partition coefficient (Wildman–Crippen LogP) is 3.06. The van der Waals surface area contributed by atoms with Gasteiger partial charge in [-0.05, 0) is 30.3 Å². The maximum Gasteiger partial charge on any atom is 0.419 e. The van der Waals surface area contributed by atoms with Gasteiger partial charge in [0, 0.05) is 18.7 Å². The Morgan fingerprint density at radius 2 is 2.00 bits per heavy atom. The number of hydrogen-bond acceptors (Lipinski definition) is 5. The maximum absolute atomic E-state index is 12.2. The molecule has 0 radical (unpaired) electrons. The van der Waals surface area contributed by atoms with Crippen molar-refractivity contribution in [3.8, 4) is 0 Å². The number of fused-ring (bicyclic) bond motifs is 1. The molecule has 8 heteroatoms. The van der Waals surface area contributed by atoms with E-state index in [4.69, 9.17) is 16.0 Å². The summed E-state index contributed by atoms with van der Waals surface area (Å²) in [5.74, 6) is -1.43. The van der Waals surface area contributed by atoms with Gasteiger partial charge >= 0.3 is 11.7 Å². The molecule has 26 heavy (non-hydrogen) atoms. The first-order valence-corrected chi connectivity index (χ1v) is 8.13. The van der Waals surface area contributed by atoms with Gasteiger partial charge in [-0.3, -0.25) is 9.36 Å². The normalized spacial score (nSPS) is 10.7. The van der Waals surface area contributed by atoms with Gasteiger partial charge in [0.15, 0.2) is 5.58 Å². The molecule has 1 N–H and O–H groups in total. The van der Waals surface area contributed by atoms with E-state index in [1.807, 2.05) is 0 Å². The fourth-order valence-corrected chi connectivity index (χ4v) is 2.73. The number of hydrogen-bond donors (Lipinski definition) is 1. The number of nitrogens with one attached hydrogen (secondary N) is 1. The highest BCUT2D eigenvalue weighted by Crippen LogP contribution is 2.21. The number of ether oxygens (including phenoxy) is 1. The third kappa shape index (κ3) is 3.62. The molecule has 0 saturated heterocycles. The molecule has 0 aliphatic carbocycles. The number of esters is 1. The Morgan fingerprint density at radius 1 is 1.23 bits per heavy atom. The van der Waals surface area contributed by atoms with Crippen LogP contribution in [-0.4, -0.2) is 23.6 Å². The lowest BCUT2D eigenvalue weighted by molar-refractivity contribution is -0.116. The molecule has 2 aromatic carbocycles. The number of nitrogens with zero attached hydrogens (tertiary/aromatic N) is 1. The number of methoxy groups -OCH3 is 1. The number of carbonyl (C=O) groups is 2. The van der Waals surface area contributed by atoms with E-state index in [1.165, 1.54) is 23.8 Å². The van der Waals surface area contributed by atoms with E-state index < -0.39 is 11.7 Å². The first-order chi connectivity index (χ1) is 12.5. The Labute approximate surface area is 153 Å². The molecule has 0 unspecified atom stereocenters. The van der Waals surface area contributed by atoms with Crippen molar-refractivity contribution in [1.82, 2.24) is 4.57 Å². The van der Waals surface area contributed by atoms with E-state index in [0.29, 0.717) is 16.8 Å². The zero-order chi connectivity index (χ0) is 18.7. The standard InChI is InChI=1S/C18H15ClN2O5/c1-25-17(23)12-10-11(6-7-13(12)19)20-16(22)8-9-21-14-4-2-3-5-15(14)26-18(21)24/h2-7,10H,8-9H2,1H3,(H,20,22). The van der Waals surface area contributed by atoms with Crippen LogP contribution in [0.4, 0.5) is 5.69 Å². The lowest BCUT2D eigenvalue weighted by Gasteiger charge is -2.08. The highest BCUT2D eigenvalue weighted by molar-refractivity contribution is 6.33. The van der Waals surface area contributed by atoms with Gasteiger partial charge in [-0.25, -0.2) is 9.59 Å². The summed E-state index contributed by atoms with van der Waals surface area (Å²) in [5.41, 5.74) is 1.66. The van der Waals surface area contributed by atoms with Gasteiger partial charge in [-0.2, -0.15) is 0 Å². The summed E-state index contributed by atoms with van der Waals surface area (Å²) in [4.78, 5) is 35.7. The van der Waals surface area contributed by atoms with E-state index >= 15 is 0 Å². The monoisotopic (exact) mass is 374 g/mol. The third-order valence-electron chi connectivity index (χ3n) is 3.79. The molecule has 0 spiro atoms. The first kappa shape index (κ1) is 17.8. The van der Waals surface area contributed by atoms with Gasteiger partial charge in [0.05, 0.1) is 23.2 Å². The minimum Gasteiger partial charge on any atom is -0.465 e. The lowest BCUT2D eigenvalue weighted by atomic mass is 10.2. The van der Waals surface area contributed by atoms with Crippen molar-refractivity contribution in [1.29, 1.82) is 0 Å². The van der Waals surface area contributed by atoms with Crippen LogP contribution in [0.5, 0.6) is 0 Å². The predicted molar refractivity (Wildman–Crippen MR) is 96.5 cm³/mol. The second-order valence-corrected chi connectivity index (χ2v) is 5.88. The van der Waals surface area contributed by atoms with Crippen molar-refractivity contribution in [3.63, 3.8) is 0 Å². The summed E-state index contributed by atoms with van der Waals surface area (Å²) in [7, 11) is 1.25. The van der Waals surface area contributed by atoms with E-state index in [9.17, 15) is 14.4 Å². The zero-order valence-corrected chi connectivity index (χ0v) is 14.6. The van der Waals surface area contributed by atoms with Crippen molar-refractivity contribution in [3.05, 3.63) is 63.6 Å². The lowest BCUT2D eigenvalue weighted by Crippen LogP contribution is -2.20. The van der Waals surface area contributed by atoms with E-state index in [1.54, 1.807) is 30.3 Å². The van der Waals surface area contributed by atoms with Gasteiger partial charge in [-0.1, -0.05) is 23.7 Å². The molecule has 0 atom stereocenters. The molecule has 3 aromatic rings. The van der Waals surface area contributed by atoms with Gasteiger partial charge in [0.2, 0.25) is 5.91 Å². The number of rotatable bonds is 5. The molecule has 1 aromatic heterocycles. The SMILES string of the molecule is COC(=O)c1cc(NC(=O)CCn2c(=O)oc3ccccc32)ccc1Cl. The molecular weight excluding hydrogens is 360 g/mol. The molecule has 0 fully saturated rings. The molecule has 1 amide bonds. The van der Waals surface area contributed by atoms with Crippen molar-refractivity contribution in [2.45, 2.75) is 13.0 Å². The fraction of sp³-hybridized carbons (Fsp3) is 0.167. The van der Waals surface area contributed by atoms with Crippen LogP contribution < -0.4 is 11.1 Å². The average Bonchev–Trinajstić information content (AvgIpc) is 2.96. The second kappa shape index (κ2) is 7.45. The van der Waals surface area contributed by atoms with Gasteiger partial charge in [0.1, 0.15) is 0 Å². The second-order valence-electron chi connectivity index (χ2n) is 5.47. The fourth-order valence-electron chi connectivity index (χ4n) is 2.53. The summed E-state index contributed by atoms with van der Waals surface area (Å²) in [6.07, 6.45) is 0.0552. The van der Waals surface area contributed by atoms with Crippen LogP contribution in [0.2, 0.25) is 5.02 Å². The molecular formula is C18H15ClN2O5. The maximum atomic E-state index is 12.2. The van der Waals surface area contributed by atoms with Crippen molar-refractivity contribution in [2.24, 2.45) is 0 Å². The van der Waals surface area contributed by atoms with Gasteiger partial charge < -0.3 is 14.5 Å². The number of para-hydroxylation sites is 2. The number of halogens is 1. The number of aryl methyl sites for hydroxylation is 1. The smallest absolute Gasteiger partial charge is 0.419 e. The molecule has 1 heterocycles. The highest BCUT2D eigenvalue weighted by Gasteiger charge is 2.14. The van der Waals surface area contributed by atoms with Gasteiger partial charge in [-0.15, -0.1) is 0 Å². The number of aromatic nitrogens is 1. The molecule has 0 aliphatic heterocycles. The van der Waals surface area contributed by atoms with E-state index in [2.05, 4.69) is 10.1 Å². The summed E-state index contributed by atoms with van der Waals surface area (Å²) >= 11 is 5.95. The summed E-state index contributed by atoms with van der Waals surface area (Å²) < 4.78 is 11.2. The summed E-state index contributed by atoms with van der Waals surface area (Å²) in [6.45, 7) is 0.166. The van der Waals surface area contributed by atoms with Crippen LogP contribution in [0.25, 0.3) is 11.1 Å². The van der Waals surface area contributed by atoms with Crippen LogP contribution in [-0.2, 0) is 16.1 Å². The molecule has 0 bridgehead atoms. The molecule has 0 aliphatic rings. The van der Waals surface area contributed by atoms with Crippen LogP contribution in [0.15, 0.2) is 51.7 Å². The van der Waals surface area contributed by atoms with Crippen LogP contribution in [0.1, 0.15) is 16.8 Å². The Morgan fingerprint density at radius 3 is 2.77 bits per heavy atom. The Bertz CT molecular complexity index is 1040. The number of anilines is 1. The zero-order valence-electron chi connectivity index (χ0n) is 13.8. The van der Waals surface area contributed by atoms with Crippen LogP contribution >= 0.6 is 11.6 Å². The number of benzene rings is 2. The average molecular weight is 375 g/mol. The Hall–Kier alpha value is -3.06. The highest BCUT2D eigenvalue weighted by atomic mass is 35.5. The quantitative estimate of drug-likeness (QED) is 0.693. The largest absolute Gasteiger partial charge is 0.465 e. The van der Waals surface area contributed by atoms with Crippen molar-refractivity contribution >= 4 is 40.3 Å². The van der Waals surface area contributed by atoms with Crippen LogP contribution in [0.3, 0.4) is 0 Å². The molecule has 3 rings (SSSR count). The third-order valence-corrected chi connectivity index (χ3v) is 4.12.